The molecule has 1 aromatic carbocycles. The van der Waals surface area contributed by atoms with E-state index in [1.54, 1.807) is 0 Å². The fourth-order valence-electron chi connectivity index (χ4n) is 3.10. The lowest BCUT2D eigenvalue weighted by molar-refractivity contribution is -0.0238. The van der Waals surface area contributed by atoms with Crippen molar-refractivity contribution >= 4 is 0 Å². The summed E-state index contributed by atoms with van der Waals surface area (Å²) < 4.78 is 5.46. The first kappa shape index (κ1) is 16.4. The number of rotatable bonds is 5. The molecular formula is C17H29N3O. The number of benzene rings is 1. The fourth-order valence-corrected chi connectivity index (χ4v) is 3.10. The van der Waals surface area contributed by atoms with E-state index in [-0.39, 0.29) is 11.6 Å². The minimum absolute atomic E-state index is 0.0577. The van der Waals surface area contributed by atoms with Gasteiger partial charge in [-0.3, -0.25) is 16.2 Å². The molecule has 0 aliphatic carbocycles. The molecule has 0 saturated carbocycles. The zero-order valence-corrected chi connectivity index (χ0v) is 13.7. The van der Waals surface area contributed by atoms with Crippen LogP contribution >= 0.6 is 0 Å². The molecule has 1 heterocycles. The average Bonchev–Trinajstić information content (AvgIpc) is 2.49. The molecule has 118 valence electrons. The molecule has 1 aromatic rings. The molecule has 0 radical (unpaired) electrons. The molecule has 21 heavy (non-hydrogen) atoms. The third-order valence-electron chi connectivity index (χ3n) is 4.64. The number of ether oxygens (including phenoxy) is 1. The highest BCUT2D eigenvalue weighted by molar-refractivity contribution is 5.28. The van der Waals surface area contributed by atoms with Gasteiger partial charge in [0.05, 0.1) is 19.3 Å². The van der Waals surface area contributed by atoms with E-state index in [1.165, 1.54) is 11.1 Å². The van der Waals surface area contributed by atoms with Crippen molar-refractivity contribution in [3.63, 3.8) is 0 Å². The van der Waals surface area contributed by atoms with Crippen LogP contribution in [-0.2, 0) is 4.74 Å². The van der Waals surface area contributed by atoms with Gasteiger partial charge in [0.2, 0.25) is 0 Å². The van der Waals surface area contributed by atoms with E-state index in [2.05, 4.69) is 62.3 Å². The second-order valence-electron chi connectivity index (χ2n) is 6.67. The smallest absolute Gasteiger partial charge is 0.0638 e. The minimum Gasteiger partial charge on any atom is -0.379 e. The van der Waals surface area contributed by atoms with Crippen molar-refractivity contribution in [2.24, 2.45) is 5.84 Å². The predicted molar refractivity (Wildman–Crippen MR) is 87.1 cm³/mol. The minimum atomic E-state index is -0.0577. The summed E-state index contributed by atoms with van der Waals surface area (Å²) in [4.78, 5) is 2.46. The van der Waals surface area contributed by atoms with E-state index in [9.17, 15) is 0 Å². The van der Waals surface area contributed by atoms with E-state index in [0.717, 1.165) is 26.3 Å². The largest absolute Gasteiger partial charge is 0.379 e. The first-order valence-electron chi connectivity index (χ1n) is 7.85. The molecule has 2 rings (SSSR count). The molecule has 0 bridgehead atoms. The summed E-state index contributed by atoms with van der Waals surface area (Å²) in [6, 6.07) is 8.90. The van der Waals surface area contributed by atoms with Gasteiger partial charge >= 0.3 is 0 Å². The maximum atomic E-state index is 5.89. The standard InChI is InChI=1S/C17H29N3O/c1-13(2)14-5-7-15(8-6-14)16(19-18)17(3,4)20-9-11-21-12-10-20/h5-8,13,16,19H,9-12,18H2,1-4H3. The number of nitrogens with two attached hydrogens (primary N) is 1. The lowest BCUT2D eigenvalue weighted by atomic mass is 9.86. The Morgan fingerprint density at radius 2 is 1.62 bits per heavy atom. The van der Waals surface area contributed by atoms with Crippen molar-refractivity contribution in [2.45, 2.75) is 45.2 Å². The van der Waals surface area contributed by atoms with Crippen LogP contribution < -0.4 is 11.3 Å². The molecule has 4 nitrogen and oxygen atoms in total. The molecule has 0 amide bonds. The van der Waals surface area contributed by atoms with Crippen LogP contribution in [0.4, 0.5) is 0 Å². The molecule has 1 aliphatic rings. The molecule has 0 aromatic heterocycles. The molecule has 1 aliphatic heterocycles. The summed E-state index contributed by atoms with van der Waals surface area (Å²) in [5, 5.41) is 0. The lowest BCUT2D eigenvalue weighted by Gasteiger charge is -2.45. The second-order valence-corrected chi connectivity index (χ2v) is 6.67. The normalized spacial score (nSPS) is 19.0. The Hall–Kier alpha value is -0.940. The van der Waals surface area contributed by atoms with E-state index < -0.39 is 0 Å². The average molecular weight is 291 g/mol. The molecule has 1 saturated heterocycles. The molecule has 4 heteroatoms. The van der Waals surface area contributed by atoms with Crippen LogP contribution in [0.1, 0.15) is 50.8 Å². The van der Waals surface area contributed by atoms with Gasteiger partial charge in [0.25, 0.3) is 0 Å². The Morgan fingerprint density at radius 3 is 2.10 bits per heavy atom. The van der Waals surface area contributed by atoms with Crippen molar-refractivity contribution in [1.82, 2.24) is 10.3 Å². The first-order chi connectivity index (χ1) is 9.96. The van der Waals surface area contributed by atoms with Crippen LogP contribution in [0.15, 0.2) is 24.3 Å². The van der Waals surface area contributed by atoms with Gasteiger partial charge < -0.3 is 4.74 Å². The van der Waals surface area contributed by atoms with Gasteiger partial charge in [-0.1, -0.05) is 38.1 Å². The van der Waals surface area contributed by atoms with Gasteiger partial charge in [-0.15, -0.1) is 0 Å². The highest BCUT2D eigenvalue weighted by atomic mass is 16.5. The molecular weight excluding hydrogens is 262 g/mol. The van der Waals surface area contributed by atoms with Crippen molar-refractivity contribution in [3.8, 4) is 0 Å². The summed E-state index contributed by atoms with van der Waals surface area (Å²) in [5.74, 6) is 6.44. The Kier molecular flexibility index (Phi) is 5.38. The third kappa shape index (κ3) is 3.64. The Balaban J connectivity index is 2.20. The van der Waals surface area contributed by atoms with Crippen LogP contribution in [0.5, 0.6) is 0 Å². The number of nitrogens with zero attached hydrogens (tertiary/aromatic N) is 1. The molecule has 1 unspecified atom stereocenters. The number of morpholine rings is 1. The number of hydrazine groups is 1. The first-order valence-corrected chi connectivity index (χ1v) is 7.85. The van der Waals surface area contributed by atoms with E-state index in [0.29, 0.717) is 5.92 Å². The molecule has 3 N–H and O–H groups in total. The maximum absolute atomic E-state index is 5.89. The summed E-state index contributed by atoms with van der Waals surface area (Å²) in [5.41, 5.74) is 5.56. The van der Waals surface area contributed by atoms with E-state index >= 15 is 0 Å². The molecule has 1 fully saturated rings. The summed E-state index contributed by atoms with van der Waals surface area (Å²) >= 11 is 0. The summed E-state index contributed by atoms with van der Waals surface area (Å²) in [6.07, 6.45) is 0. The summed E-state index contributed by atoms with van der Waals surface area (Å²) in [6.45, 7) is 12.4. The second kappa shape index (κ2) is 6.88. The van der Waals surface area contributed by atoms with Gasteiger partial charge in [-0.05, 0) is 30.9 Å². The Morgan fingerprint density at radius 1 is 1.10 bits per heavy atom. The number of hydrogen-bond donors (Lipinski definition) is 2. The van der Waals surface area contributed by atoms with Crippen LogP contribution in [0, 0.1) is 0 Å². The highest BCUT2D eigenvalue weighted by Crippen LogP contribution is 2.31. The van der Waals surface area contributed by atoms with E-state index in [1.807, 2.05) is 0 Å². The van der Waals surface area contributed by atoms with E-state index in [4.69, 9.17) is 10.6 Å². The van der Waals surface area contributed by atoms with Gasteiger partial charge in [0.15, 0.2) is 0 Å². The quantitative estimate of drug-likeness (QED) is 0.646. The van der Waals surface area contributed by atoms with Gasteiger partial charge in [-0.25, -0.2) is 0 Å². The van der Waals surface area contributed by atoms with Crippen LogP contribution in [-0.4, -0.2) is 36.7 Å². The topological polar surface area (TPSA) is 50.5 Å². The maximum Gasteiger partial charge on any atom is 0.0638 e. The Bertz CT molecular complexity index is 436. The SMILES string of the molecule is CC(C)c1ccc(C(NN)C(C)(C)N2CCOCC2)cc1. The van der Waals surface area contributed by atoms with Crippen molar-refractivity contribution in [2.75, 3.05) is 26.3 Å². The highest BCUT2D eigenvalue weighted by Gasteiger charge is 2.36. The zero-order valence-electron chi connectivity index (χ0n) is 13.7. The van der Waals surface area contributed by atoms with Crippen molar-refractivity contribution in [3.05, 3.63) is 35.4 Å². The summed E-state index contributed by atoms with van der Waals surface area (Å²) in [7, 11) is 0. The predicted octanol–water partition coefficient (Wildman–Crippen LogP) is 2.43. The molecule has 0 spiro atoms. The molecule has 1 atom stereocenters. The van der Waals surface area contributed by atoms with Crippen LogP contribution in [0.3, 0.4) is 0 Å². The van der Waals surface area contributed by atoms with Gasteiger partial charge in [0.1, 0.15) is 0 Å². The zero-order chi connectivity index (χ0) is 15.5. The number of nitrogens with one attached hydrogen (secondary N) is 1. The van der Waals surface area contributed by atoms with Gasteiger partial charge in [0, 0.05) is 18.6 Å². The van der Waals surface area contributed by atoms with Gasteiger partial charge in [-0.2, -0.15) is 0 Å². The monoisotopic (exact) mass is 291 g/mol. The lowest BCUT2D eigenvalue weighted by Crippen LogP contribution is -2.57. The van der Waals surface area contributed by atoms with Crippen LogP contribution in [0.25, 0.3) is 0 Å². The van der Waals surface area contributed by atoms with Crippen molar-refractivity contribution < 1.29 is 4.74 Å². The van der Waals surface area contributed by atoms with Crippen molar-refractivity contribution in [1.29, 1.82) is 0 Å². The fraction of sp³-hybridized carbons (Fsp3) is 0.647. The number of hydrogen-bond acceptors (Lipinski definition) is 4. The third-order valence-corrected chi connectivity index (χ3v) is 4.64. The van der Waals surface area contributed by atoms with Crippen LogP contribution in [0.2, 0.25) is 0 Å². The Labute approximate surface area is 128 Å².